The van der Waals surface area contributed by atoms with Crippen LogP contribution in [0.1, 0.15) is 12.5 Å². The summed E-state index contributed by atoms with van der Waals surface area (Å²) < 4.78 is 11.7. The van der Waals surface area contributed by atoms with Crippen molar-refractivity contribution in [1.29, 1.82) is 0 Å². The third-order valence-corrected chi connectivity index (χ3v) is 5.92. The van der Waals surface area contributed by atoms with Gasteiger partial charge in [-0.3, -0.25) is 19.7 Å². The number of nitrogens with zero attached hydrogens (tertiary/aromatic N) is 3. The number of rotatable bonds is 8. The van der Waals surface area contributed by atoms with E-state index in [-0.39, 0.29) is 24.1 Å². The fourth-order valence-electron chi connectivity index (χ4n) is 3.56. The first-order valence-corrected chi connectivity index (χ1v) is 11.8. The number of halogens is 1. The monoisotopic (exact) mass is 564 g/mol. The SMILES string of the molecule is COc1cc(/C=C2/C(=O)N(c3ccc([N+](=O)[O-])cc3)N=C2C)cc(Br)c1OCC(=O)Nc1ccccc1. The number of nitro benzene ring substituents is 1. The van der Waals surface area contributed by atoms with Crippen molar-refractivity contribution >= 4 is 56.6 Å². The lowest BCUT2D eigenvalue weighted by atomic mass is 10.1. The van der Waals surface area contributed by atoms with Gasteiger partial charge >= 0.3 is 0 Å². The van der Waals surface area contributed by atoms with Crippen LogP contribution in [-0.2, 0) is 9.59 Å². The quantitative estimate of drug-likeness (QED) is 0.228. The zero-order chi connectivity index (χ0) is 26.5. The number of nitro groups is 1. The molecule has 0 radical (unpaired) electrons. The second kappa shape index (κ2) is 11.0. The van der Waals surface area contributed by atoms with Crippen molar-refractivity contribution in [3.05, 3.63) is 92.5 Å². The molecule has 0 unspecified atom stereocenters. The zero-order valence-corrected chi connectivity index (χ0v) is 21.4. The van der Waals surface area contributed by atoms with E-state index in [4.69, 9.17) is 9.47 Å². The van der Waals surface area contributed by atoms with Gasteiger partial charge in [-0.15, -0.1) is 0 Å². The highest BCUT2D eigenvalue weighted by molar-refractivity contribution is 9.10. The molecule has 10 nitrogen and oxygen atoms in total. The van der Waals surface area contributed by atoms with Gasteiger partial charge in [0.25, 0.3) is 17.5 Å². The second-order valence-electron chi connectivity index (χ2n) is 7.87. The normalized spacial score (nSPS) is 13.9. The molecule has 11 heteroatoms. The molecule has 0 fully saturated rings. The molecule has 0 spiro atoms. The Kier molecular flexibility index (Phi) is 7.63. The van der Waals surface area contributed by atoms with E-state index in [1.165, 1.54) is 36.4 Å². The number of ether oxygens (including phenoxy) is 2. The number of para-hydroxylation sites is 1. The van der Waals surface area contributed by atoms with Gasteiger partial charge in [0, 0.05) is 17.8 Å². The largest absolute Gasteiger partial charge is 0.493 e. The molecule has 188 valence electrons. The summed E-state index contributed by atoms with van der Waals surface area (Å²) in [5.74, 6) is -0.00933. The maximum absolute atomic E-state index is 13.1. The summed E-state index contributed by atoms with van der Waals surface area (Å²) in [6, 6.07) is 18.0. The number of anilines is 2. The fraction of sp³-hybridized carbons (Fsp3) is 0.115. The molecular weight excluding hydrogens is 544 g/mol. The van der Waals surface area contributed by atoms with E-state index in [0.717, 1.165) is 0 Å². The molecular formula is C26H21BrN4O6. The number of amides is 2. The molecule has 0 saturated carbocycles. The van der Waals surface area contributed by atoms with Gasteiger partial charge < -0.3 is 14.8 Å². The Hall–Kier alpha value is -4.51. The van der Waals surface area contributed by atoms with Crippen LogP contribution in [0.3, 0.4) is 0 Å². The van der Waals surface area contributed by atoms with Crippen LogP contribution in [0.5, 0.6) is 11.5 Å². The van der Waals surface area contributed by atoms with E-state index in [9.17, 15) is 19.7 Å². The summed E-state index contributed by atoms with van der Waals surface area (Å²) in [6.07, 6.45) is 1.66. The molecule has 1 heterocycles. The highest BCUT2D eigenvalue weighted by Gasteiger charge is 2.29. The van der Waals surface area contributed by atoms with E-state index in [2.05, 4.69) is 26.3 Å². The summed E-state index contributed by atoms with van der Waals surface area (Å²) in [5.41, 5.74) is 2.45. The van der Waals surface area contributed by atoms with E-state index >= 15 is 0 Å². The summed E-state index contributed by atoms with van der Waals surface area (Å²) in [5, 5.41) is 19.2. The number of carbonyl (C=O) groups excluding carboxylic acids is 2. The van der Waals surface area contributed by atoms with Crippen molar-refractivity contribution in [3.63, 3.8) is 0 Å². The van der Waals surface area contributed by atoms with Crippen LogP contribution in [0.4, 0.5) is 17.1 Å². The number of carbonyl (C=O) groups is 2. The topological polar surface area (TPSA) is 123 Å². The average molecular weight is 565 g/mol. The smallest absolute Gasteiger partial charge is 0.280 e. The van der Waals surface area contributed by atoms with Crippen LogP contribution in [0.2, 0.25) is 0 Å². The zero-order valence-electron chi connectivity index (χ0n) is 19.8. The van der Waals surface area contributed by atoms with Gasteiger partial charge in [0.1, 0.15) is 0 Å². The Bertz CT molecular complexity index is 1420. The Morgan fingerprint density at radius 1 is 1.16 bits per heavy atom. The van der Waals surface area contributed by atoms with Crippen LogP contribution >= 0.6 is 15.9 Å². The third-order valence-electron chi connectivity index (χ3n) is 5.34. The molecule has 1 aliphatic heterocycles. The number of benzene rings is 3. The number of hydrogen-bond acceptors (Lipinski definition) is 7. The first kappa shape index (κ1) is 25.6. The number of nitrogens with one attached hydrogen (secondary N) is 1. The lowest BCUT2D eigenvalue weighted by molar-refractivity contribution is -0.384. The maximum Gasteiger partial charge on any atom is 0.280 e. The number of hydrogen-bond donors (Lipinski definition) is 1. The predicted octanol–water partition coefficient (Wildman–Crippen LogP) is 5.19. The maximum atomic E-state index is 13.1. The average Bonchev–Trinajstić information content (AvgIpc) is 3.16. The van der Waals surface area contributed by atoms with Crippen molar-refractivity contribution in [1.82, 2.24) is 0 Å². The van der Waals surface area contributed by atoms with E-state index in [1.807, 2.05) is 18.2 Å². The van der Waals surface area contributed by atoms with Gasteiger partial charge in [-0.25, -0.2) is 0 Å². The lowest BCUT2D eigenvalue weighted by Gasteiger charge is -2.14. The molecule has 0 saturated heterocycles. The Balaban J connectivity index is 1.51. The van der Waals surface area contributed by atoms with Gasteiger partial charge in [-0.05, 0) is 70.9 Å². The van der Waals surface area contributed by atoms with E-state index in [0.29, 0.717) is 44.2 Å². The molecule has 1 aliphatic rings. The van der Waals surface area contributed by atoms with Crippen molar-refractivity contribution in [2.75, 3.05) is 24.0 Å². The molecule has 0 atom stereocenters. The highest BCUT2D eigenvalue weighted by atomic mass is 79.9. The molecule has 0 bridgehead atoms. The molecule has 0 aliphatic carbocycles. The lowest BCUT2D eigenvalue weighted by Crippen LogP contribution is -2.21. The van der Waals surface area contributed by atoms with Crippen LogP contribution in [-0.4, -0.2) is 36.2 Å². The Labute approximate surface area is 220 Å². The Morgan fingerprint density at radius 3 is 2.51 bits per heavy atom. The number of non-ortho nitro benzene ring substituents is 1. The van der Waals surface area contributed by atoms with E-state index in [1.54, 1.807) is 37.3 Å². The number of methoxy groups -OCH3 is 1. The molecule has 4 rings (SSSR count). The fourth-order valence-corrected chi connectivity index (χ4v) is 4.14. The van der Waals surface area contributed by atoms with Crippen LogP contribution in [0.25, 0.3) is 6.08 Å². The standard InChI is InChI=1S/C26H21BrN4O6/c1-16-21(26(33)30(29-16)19-8-10-20(11-9-19)31(34)35)12-17-13-22(27)25(23(14-17)36-2)37-15-24(32)28-18-6-4-3-5-7-18/h3-14H,15H2,1-2H3,(H,28,32)/b21-12+. The minimum absolute atomic E-state index is 0.0799. The van der Waals surface area contributed by atoms with Crippen molar-refractivity contribution in [3.8, 4) is 11.5 Å². The molecule has 2 amide bonds. The van der Waals surface area contributed by atoms with Crippen molar-refractivity contribution < 1.29 is 24.0 Å². The van der Waals surface area contributed by atoms with Gasteiger partial charge in [-0.1, -0.05) is 18.2 Å². The highest BCUT2D eigenvalue weighted by Crippen LogP contribution is 2.38. The summed E-state index contributed by atoms with van der Waals surface area (Å²) in [6.45, 7) is 1.46. The van der Waals surface area contributed by atoms with Crippen LogP contribution < -0.4 is 19.8 Å². The molecule has 37 heavy (non-hydrogen) atoms. The summed E-state index contributed by atoms with van der Waals surface area (Å²) in [4.78, 5) is 35.7. The third kappa shape index (κ3) is 5.84. The molecule has 1 N–H and O–H groups in total. The van der Waals surface area contributed by atoms with Gasteiger partial charge in [-0.2, -0.15) is 10.1 Å². The van der Waals surface area contributed by atoms with Crippen LogP contribution in [0.15, 0.2) is 81.9 Å². The minimum atomic E-state index is -0.510. The van der Waals surface area contributed by atoms with Crippen molar-refractivity contribution in [2.45, 2.75) is 6.92 Å². The second-order valence-corrected chi connectivity index (χ2v) is 8.73. The first-order chi connectivity index (χ1) is 17.8. The van der Waals surface area contributed by atoms with Gasteiger partial charge in [0.05, 0.1) is 33.5 Å². The number of hydrazone groups is 1. The molecule has 0 aromatic heterocycles. The van der Waals surface area contributed by atoms with Crippen molar-refractivity contribution in [2.24, 2.45) is 5.10 Å². The molecule has 3 aromatic carbocycles. The van der Waals surface area contributed by atoms with Gasteiger partial charge in [0.2, 0.25) is 0 Å². The molecule has 3 aromatic rings. The minimum Gasteiger partial charge on any atom is -0.493 e. The first-order valence-electron chi connectivity index (χ1n) is 11.0. The Morgan fingerprint density at radius 2 is 1.86 bits per heavy atom. The van der Waals surface area contributed by atoms with Crippen LogP contribution in [0, 0.1) is 10.1 Å². The van der Waals surface area contributed by atoms with Gasteiger partial charge in [0.15, 0.2) is 18.1 Å². The predicted molar refractivity (Wildman–Crippen MR) is 143 cm³/mol. The van der Waals surface area contributed by atoms with E-state index < -0.39 is 4.92 Å². The summed E-state index contributed by atoms with van der Waals surface area (Å²) >= 11 is 3.46. The summed E-state index contributed by atoms with van der Waals surface area (Å²) in [7, 11) is 1.47.